The first-order valence-electron chi connectivity index (χ1n) is 9.24. The van der Waals surface area contributed by atoms with Crippen molar-refractivity contribution in [2.75, 3.05) is 31.1 Å². The third-order valence-electron chi connectivity index (χ3n) is 5.45. The van der Waals surface area contributed by atoms with Crippen LogP contribution in [0, 0.1) is 0 Å². The van der Waals surface area contributed by atoms with Crippen molar-refractivity contribution in [3.05, 3.63) is 59.5 Å². The Hall–Kier alpha value is -2.89. The number of carbonyl (C=O) groups is 1. The summed E-state index contributed by atoms with van der Waals surface area (Å²) in [5.74, 6) is 1.06. The molecule has 2 aliphatic rings. The first-order chi connectivity index (χ1) is 12.8. The zero-order valence-electron chi connectivity index (χ0n) is 14.6. The topological polar surface area (TPSA) is 53.7 Å². The Morgan fingerprint density at radius 2 is 1.88 bits per heavy atom. The van der Waals surface area contributed by atoms with Gasteiger partial charge in [0.1, 0.15) is 0 Å². The van der Waals surface area contributed by atoms with Crippen LogP contribution in [-0.2, 0) is 12.8 Å². The first kappa shape index (κ1) is 15.4. The summed E-state index contributed by atoms with van der Waals surface area (Å²) < 4.78 is 1.99. The number of aromatic nitrogens is 3. The quantitative estimate of drug-likeness (QED) is 0.713. The molecule has 6 nitrogen and oxygen atoms in total. The second-order valence-electron chi connectivity index (χ2n) is 7.07. The van der Waals surface area contributed by atoms with Gasteiger partial charge in [0.25, 0.3) is 5.91 Å². The molecule has 0 radical (unpaired) electrons. The Morgan fingerprint density at radius 3 is 2.73 bits per heavy atom. The summed E-state index contributed by atoms with van der Waals surface area (Å²) in [6, 6.07) is 10.1. The van der Waals surface area contributed by atoms with Crippen LogP contribution in [0.3, 0.4) is 0 Å². The van der Waals surface area contributed by atoms with E-state index in [4.69, 9.17) is 0 Å². The highest BCUT2D eigenvalue weighted by atomic mass is 16.2. The lowest BCUT2D eigenvalue weighted by atomic mass is 10.2. The fourth-order valence-electron chi connectivity index (χ4n) is 3.97. The van der Waals surface area contributed by atoms with Gasteiger partial charge in [-0.05, 0) is 49.1 Å². The predicted molar refractivity (Wildman–Crippen MR) is 99.6 cm³/mol. The zero-order chi connectivity index (χ0) is 17.5. The summed E-state index contributed by atoms with van der Waals surface area (Å²) in [5.41, 5.74) is 4.29. The van der Waals surface area contributed by atoms with E-state index in [0.717, 1.165) is 48.5 Å². The maximum atomic E-state index is 12.8. The molecule has 0 N–H and O–H groups in total. The largest absolute Gasteiger partial charge is 0.352 e. The maximum Gasteiger partial charge on any atom is 0.255 e. The minimum Gasteiger partial charge on any atom is -0.352 e. The molecule has 0 bridgehead atoms. The third-order valence-corrected chi connectivity index (χ3v) is 5.45. The molecular weight excluding hydrogens is 326 g/mol. The van der Waals surface area contributed by atoms with Crippen LogP contribution in [0.1, 0.15) is 28.0 Å². The van der Waals surface area contributed by atoms with E-state index >= 15 is 0 Å². The molecule has 1 aliphatic heterocycles. The van der Waals surface area contributed by atoms with Gasteiger partial charge >= 0.3 is 0 Å². The Labute approximate surface area is 152 Å². The lowest BCUT2D eigenvalue weighted by Crippen LogP contribution is -2.49. The van der Waals surface area contributed by atoms with Crippen molar-refractivity contribution < 1.29 is 4.79 Å². The molecule has 0 unspecified atom stereocenters. The summed E-state index contributed by atoms with van der Waals surface area (Å²) in [6.45, 7) is 3.02. The minimum absolute atomic E-state index is 0.105. The highest BCUT2D eigenvalue weighted by molar-refractivity contribution is 5.95. The fraction of sp³-hybridized carbons (Fsp3) is 0.350. The second kappa shape index (κ2) is 6.12. The molecule has 1 aliphatic carbocycles. The fourth-order valence-corrected chi connectivity index (χ4v) is 3.97. The molecule has 0 spiro atoms. The summed E-state index contributed by atoms with van der Waals surface area (Å²) in [4.78, 5) is 17.0. The lowest BCUT2D eigenvalue weighted by Gasteiger charge is -2.35. The molecule has 3 aromatic rings. The summed E-state index contributed by atoms with van der Waals surface area (Å²) >= 11 is 0. The molecule has 0 atom stereocenters. The molecular formula is C20H21N5O. The predicted octanol–water partition coefficient (Wildman–Crippen LogP) is 2.18. The summed E-state index contributed by atoms with van der Waals surface area (Å²) in [5, 5.41) is 8.79. The van der Waals surface area contributed by atoms with E-state index in [1.54, 1.807) is 0 Å². The summed E-state index contributed by atoms with van der Waals surface area (Å²) in [7, 11) is 0. The van der Waals surface area contributed by atoms with Crippen molar-refractivity contribution in [1.29, 1.82) is 0 Å². The number of pyridine rings is 1. The highest BCUT2D eigenvalue weighted by Crippen LogP contribution is 2.23. The van der Waals surface area contributed by atoms with E-state index in [1.807, 2.05) is 46.0 Å². The number of hydrogen-bond donors (Lipinski definition) is 0. The maximum absolute atomic E-state index is 12.8. The number of carbonyl (C=O) groups excluding carboxylic acids is 1. The standard InChI is InChI=1S/C20H21N5O/c26-20(16-12-17-5-1-2-7-25(17)14-16)24-10-8-23(9-11-24)19-13-15-4-3-6-18(15)21-22-19/h1-2,5,7,12-14H,3-4,6,8-11H2. The Bertz CT molecular complexity index is 938. The van der Waals surface area contributed by atoms with Crippen LogP contribution >= 0.6 is 0 Å². The Kier molecular flexibility index (Phi) is 3.62. The van der Waals surface area contributed by atoms with E-state index in [2.05, 4.69) is 21.2 Å². The van der Waals surface area contributed by atoms with E-state index in [-0.39, 0.29) is 5.91 Å². The van der Waals surface area contributed by atoms with Crippen LogP contribution in [0.4, 0.5) is 5.82 Å². The van der Waals surface area contributed by atoms with Crippen molar-refractivity contribution >= 4 is 17.2 Å². The molecule has 26 heavy (non-hydrogen) atoms. The van der Waals surface area contributed by atoms with Gasteiger partial charge in [0, 0.05) is 44.1 Å². The van der Waals surface area contributed by atoms with Gasteiger partial charge < -0.3 is 14.2 Å². The molecule has 6 heteroatoms. The highest BCUT2D eigenvalue weighted by Gasteiger charge is 2.25. The average molecular weight is 347 g/mol. The molecule has 1 amide bonds. The van der Waals surface area contributed by atoms with Crippen LogP contribution in [-0.4, -0.2) is 51.6 Å². The normalized spacial score (nSPS) is 16.9. The van der Waals surface area contributed by atoms with Gasteiger partial charge in [-0.2, -0.15) is 5.10 Å². The van der Waals surface area contributed by atoms with Crippen molar-refractivity contribution in [3.63, 3.8) is 0 Å². The average Bonchev–Trinajstić information content (AvgIpc) is 3.33. The van der Waals surface area contributed by atoms with Gasteiger partial charge in [-0.1, -0.05) is 6.07 Å². The minimum atomic E-state index is 0.105. The second-order valence-corrected chi connectivity index (χ2v) is 7.07. The van der Waals surface area contributed by atoms with Crippen molar-refractivity contribution in [3.8, 4) is 0 Å². The molecule has 132 valence electrons. The zero-order valence-corrected chi connectivity index (χ0v) is 14.6. The van der Waals surface area contributed by atoms with E-state index < -0.39 is 0 Å². The van der Waals surface area contributed by atoms with Crippen LogP contribution in [0.5, 0.6) is 0 Å². The van der Waals surface area contributed by atoms with Gasteiger partial charge in [0.15, 0.2) is 5.82 Å². The number of nitrogens with zero attached hydrogens (tertiary/aromatic N) is 5. The van der Waals surface area contributed by atoms with Gasteiger partial charge in [0.2, 0.25) is 0 Å². The summed E-state index contributed by atoms with van der Waals surface area (Å²) in [6.07, 6.45) is 7.23. The van der Waals surface area contributed by atoms with Crippen LogP contribution in [0.25, 0.3) is 5.52 Å². The number of rotatable bonds is 2. The molecule has 4 heterocycles. The van der Waals surface area contributed by atoms with E-state index in [1.165, 1.54) is 12.0 Å². The van der Waals surface area contributed by atoms with Crippen molar-refractivity contribution in [2.24, 2.45) is 0 Å². The van der Waals surface area contributed by atoms with E-state index in [9.17, 15) is 4.79 Å². The van der Waals surface area contributed by atoms with Crippen molar-refractivity contribution in [2.45, 2.75) is 19.3 Å². The van der Waals surface area contributed by atoms with Gasteiger partial charge in [0.05, 0.1) is 11.3 Å². The number of piperazine rings is 1. The molecule has 0 aromatic carbocycles. The van der Waals surface area contributed by atoms with E-state index in [0.29, 0.717) is 13.1 Å². The molecule has 0 saturated carbocycles. The Morgan fingerprint density at radius 1 is 1.00 bits per heavy atom. The third kappa shape index (κ3) is 2.62. The molecule has 3 aromatic heterocycles. The molecule has 1 saturated heterocycles. The Balaban J connectivity index is 1.28. The number of fused-ring (bicyclic) bond motifs is 2. The first-order valence-corrected chi connectivity index (χ1v) is 9.24. The molecule has 5 rings (SSSR count). The van der Waals surface area contributed by atoms with Gasteiger partial charge in [-0.15, -0.1) is 5.10 Å². The number of aryl methyl sites for hydroxylation is 2. The van der Waals surface area contributed by atoms with Gasteiger partial charge in [-0.25, -0.2) is 0 Å². The van der Waals surface area contributed by atoms with Crippen molar-refractivity contribution in [1.82, 2.24) is 19.5 Å². The SMILES string of the molecule is O=C(c1cc2ccccn2c1)N1CCN(c2cc3c(nn2)CCC3)CC1. The number of anilines is 1. The van der Waals surface area contributed by atoms with Crippen LogP contribution < -0.4 is 4.90 Å². The lowest BCUT2D eigenvalue weighted by molar-refractivity contribution is 0.0746. The molecule has 1 fully saturated rings. The smallest absolute Gasteiger partial charge is 0.255 e. The number of amides is 1. The van der Waals surface area contributed by atoms with Crippen LogP contribution in [0.2, 0.25) is 0 Å². The number of hydrogen-bond acceptors (Lipinski definition) is 4. The monoisotopic (exact) mass is 347 g/mol. The van der Waals surface area contributed by atoms with Crippen LogP contribution in [0.15, 0.2) is 42.7 Å². The van der Waals surface area contributed by atoms with Gasteiger partial charge in [-0.3, -0.25) is 4.79 Å².